The largest absolute Gasteiger partial charge is 0.373 e. The summed E-state index contributed by atoms with van der Waals surface area (Å²) in [7, 11) is 1.83. The first-order chi connectivity index (χ1) is 7.33. The summed E-state index contributed by atoms with van der Waals surface area (Å²) in [6.45, 7) is 2.01. The molecule has 2 aromatic rings. The zero-order chi connectivity index (χ0) is 10.7. The van der Waals surface area contributed by atoms with Crippen LogP contribution in [0.25, 0.3) is 5.82 Å². The minimum atomic E-state index is 0.726. The number of nitrogens with zero attached hydrogens (tertiary/aromatic N) is 5. The Kier molecular flexibility index (Phi) is 2.57. The van der Waals surface area contributed by atoms with Gasteiger partial charge in [0.15, 0.2) is 5.82 Å². The van der Waals surface area contributed by atoms with Crippen LogP contribution in [-0.4, -0.2) is 31.8 Å². The Labute approximate surface area is 87.4 Å². The van der Waals surface area contributed by atoms with Crippen LogP contribution < -0.4 is 5.32 Å². The van der Waals surface area contributed by atoms with Gasteiger partial charge < -0.3 is 5.32 Å². The van der Waals surface area contributed by atoms with Gasteiger partial charge in [-0.1, -0.05) is 6.92 Å². The van der Waals surface area contributed by atoms with Gasteiger partial charge in [0.1, 0.15) is 24.3 Å². The van der Waals surface area contributed by atoms with Crippen molar-refractivity contribution in [2.24, 2.45) is 0 Å². The predicted octanol–water partition coefficient (Wildman–Crippen LogP) is 0.661. The number of hydrogen-bond acceptors (Lipinski definition) is 5. The van der Waals surface area contributed by atoms with Crippen molar-refractivity contribution in [1.82, 2.24) is 24.7 Å². The molecule has 6 heteroatoms. The summed E-state index contributed by atoms with van der Waals surface area (Å²) < 4.78 is 1.61. The molecule has 0 bridgehead atoms. The molecular weight excluding hydrogens is 192 g/mol. The molecule has 1 N–H and O–H groups in total. The maximum absolute atomic E-state index is 4.35. The second kappa shape index (κ2) is 4.04. The highest BCUT2D eigenvalue weighted by Gasteiger charge is 2.04. The van der Waals surface area contributed by atoms with Gasteiger partial charge in [-0.3, -0.25) is 0 Å². The first-order valence-electron chi connectivity index (χ1n) is 4.74. The summed E-state index contributed by atoms with van der Waals surface area (Å²) in [6, 6.07) is 1.83. The number of aromatic nitrogens is 5. The van der Waals surface area contributed by atoms with Crippen molar-refractivity contribution < 1.29 is 0 Å². The summed E-state index contributed by atoms with van der Waals surface area (Å²) >= 11 is 0. The van der Waals surface area contributed by atoms with E-state index in [2.05, 4.69) is 25.4 Å². The van der Waals surface area contributed by atoms with E-state index < -0.39 is 0 Å². The van der Waals surface area contributed by atoms with Crippen LogP contribution in [-0.2, 0) is 6.42 Å². The highest BCUT2D eigenvalue weighted by Crippen LogP contribution is 2.09. The molecule has 0 aliphatic rings. The minimum absolute atomic E-state index is 0.726. The normalized spacial score (nSPS) is 10.3. The number of anilines is 1. The van der Waals surface area contributed by atoms with Crippen LogP contribution in [0.4, 0.5) is 5.82 Å². The summed E-state index contributed by atoms with van der Waals surface area (Å²) in [5, 5.41) is 7.02. The molecule has 2 rings (SSSR count). The van der Waals surface area contributed by atoms with Crippen molar-refractivity contribution >= 4 is 5.82 Å². The van der Waals surface area contributed by atoms with Crippen LogP contribution >= 0.6 is 0 Å². The molecule has 0 radical (unpaired) electrons. The van der Waals surface area contributed by atoms with E-state index in [9.17, 15) is 0 Å². The molecule has 6 nitrogen and oxygen atoms in total. The van der Waals surface area contributed by atoms with Crippen LogP contribution in [0.1, 0.15) is 12.7 Å². The van der Waals surface area contributed by atoms with E-state index in [0.717, 1.165) is 23.9 Å². The average Bonchev–Trinajstić information content (AvgIpc) is 2.81. The third-order valence-electron chi connectivity index (χ3n) is 1.98. The van der Waals surface area contributed by atoms with Crippen LogP contribution in [0.5, 0.6) is 0 Å². The Balaban J connectivity index is 2.47. The smallest absolute Gasteiger partial charge is 0.160 e. The monoisotopic (exact) mass is 204 g/mol. The number of aryl methyl sites for hydroxylation is 1. The van der Waals surface area contributed by atoms with Crippen LogP contribution in [0.3, 0.4) is 0 Å². The zero-order valence-corrected chi connectivity index (χ0v) is 8.68. The van der Waals surface area contributed by atoms with E-state index in [0.29, 0.717) is 0 Å². The second-order valence-corrected chi connectivity index (χ2v) is 2.97. The molecule has 0 aromatic carbocycles. The first kappa shape index (κ1) is 9.57. The van der Waals surface area contributed by atoms with Crippen LogP contribution in [0.2, 0.25) is 0 Å². The molecule has 78 valence electrons. The fourth-order valence-corrected chi connectivity index (χ4v) is 1.21. The topological polar surface area (TPSA) is 68.5 Å². The van der Waals surface area contributed by atoms with Gasteiger partial charge in [0.2, 0.25) is 0 Å². The van der Waals surface area contributed by atoms with Crippen LogP contribution in [0.15, 0.2) is 18.7 Å². The molecule has 0 saturated heterocycles. The van der Waals surface area contributed by atoms with Gasteiger partial charge in [-0.25, -0.2) is 19.6 Å². The maximum atomic E-state index is 4.35. The molecule has 0 saturated carbocycles. The lowest BCUT2D eigenvalue weighted by Crippen LogP contribution is -2.05. The van der Waals surface area contributed by atoms with Crippen molar-refractivity contribution in [2.45, 2.75) is 13.3 Å². The van der Waals surface area contributed by atoms with Gasteiger partial charge in [-0.05, 0) is 0 Å². The molecule has 0 atom stereocenters. The lowest BCUT2D eigenvalue weighted by molar-refractivity contribution is 0.813. The lowest BCUT2D eigenvalue weighted by atomic mass is 10.4. The van der Waals surface area contributed by atoms with E-state index in [4.69, 9.17) is 0 Å². The summed E-state index contributed by atoms with van der Waals surface area (Å²) in [6.07, 6.45) is 3.88. The summed E-state index contributed by atoms with van der Waals surface area (Å²) in [5.41, 5.74) is 0. The molecule has 0 aliphatic heterocycles. The maximum Gasteiger partial charge on any atom is 0.160 e. The molecule has 0 amide bonds. The standard InChI is InChI=1S/C9H12N6/c1-3-7-13-8(10-2)4-9(14-7)15-6-11-5-12-15/h4-6H,3H2,1-2H3,(H,10,13,14). The Morgan fingerprint density at radius 3 is 2.87 bits per heavy atom. The first-order valence-corrected chi connectivity index (χ1v) is 4.74. The minimum Gasteiger partial charge on any atom is -0.373 e. The van der Waals surface area contributed by atoms with Gasteiger partial charge in [0.25, 0.3) is 0 Å². The van der Waals surface area contributed by atoms with Gasteiger partial charge >= 0.3 is 0 Å². The SMILES string of the molecule is CCc1nc(NC)cc(-n2cncn2)n1. The number of rotatable bonds is 3. The summed E-state index contributed by atoms with van der Waals surface area (Å²) in [4.78, 5) is 12.5. The van der Waals surface area contributed by atoms with Gasteiger partial charge in [0, 0.05) is 19.5 Å². The summed E-state index contributed by atoms with van der Waals surface area (Å²) in [5.74, 6) is 2.29. The van der Waals surface area contributed by atoms with Crippen molar-refractivity contribution in [3.05, 3.63) is 24.5 Å². The molecular formula is C9H12N6. The fraction of sp³-hybridized carbons (Fsp3) is 0.333. The molecule has 15 heavy (non-hydrogen) atoms. The molecule has 2 heterocycles. The third-order valence-corrected chi connectivity index (χ3v) is 1.98. The molecule has 0 unspecified atom stereocenters. The fourth-order valence-electron chi connectivity index (χ4n) is 1.21. The molecule has 2 aromatic heterocycles. The molecule has 0 spiro atoms. The lowest BCUT2D eigenvalue weighted by Gasteiger charge is -2.05. The van der Waals surface area contributed by atoms with Crippen LogP contribution in [0, 0.1) is 0 Å². The van der Waals surface area contributed by atoms with Crippen molar-refractivity contribution in [1.29, 1.82) is 0 Å². The number of hydrogen-bond donors (Lipinski definition) is 1. The van der Waals surface area contributed by atoms with Crippen molar-refractivity contribution in [3.63, 3.8) is 0 Å². The Hall–Kier alpha value is -1.98. The average molecular weight is 204 g/mol. The molecule has 0 aliphatic carbocycles. The highest BCUT2D eigenvalue weighted by atomic mass is 15.3. The second-order valence-electron chi connectivity index (χ2n) is 2.97. The number of nitrogens with one attached hydrogen (secondary N) is 1. The quantitative estimate of drug-likeness (QED) is 0.795. The molecule has 0 fully saturated rings. The van der Waals surface area contributed by atoms with E-state index in [1.165, 1.54) is 6.33 Å². The van der Waals surface area contributed by atoms with Crippen molar-refractivity contribution in [2.75, 3.05) is 12.4 Å². The van der Waals surface area contributed by atoms with E-state index in [1.54, 1.807) is 11.0 Å². The highest BCUT2D eigenvalue weighted by molar-refractivity contribution is 5.40. The van der Waals surface area contributed by atoms with E-state index in [-0.39, 0.29) is 0 Å². The zero-order valence-electron chi connectivity index (χ0n) is 8.68. The third kappa shape index (κ3) is 1.93. The van der Waals surface area contributed by atoms with Gasteiger partial charge in [0.05, 0.1) is 0 Å². The van der Waals surface area contributed by atoms with Gasteiger partial charge in [-0.2, -0.15) is 5.10 Å². The Morgan fingerprint density at radius 2 is 2.27 bits per heavy atom. The van der Waals surface area contributed by atoms with Gasteiger partial charge in [-0.15, -0.1) is 0 Å². The van der Waals surface area contributed by atoms with Crippen molar-refractivity contribution in [3.8, 4) is 5.82 Å². The van der Waals surface area contributed by atoms with E-state index in [1.807, 2.05) is 20.0 Å². The predicted molar refractivity (Wildman–Crippen MR) is 55.9 cm³/mol. The van der Waals surface area contributed by atoms with E-state index >= 15 is 0 Å². The Morgan fingerprint density at radius 1 is 1.40 bits per heavy atom. The Bertz CT molecular complexity index is 414.